The van der Waals surface area contributed by atoms with Gasteiger partial charge in [0.2, 0.25) is 0 Å². The maximum absolute atomic E-state index is 11.4. The fourth-order valence-electron chi connectivity index (χ4n) is 2.06. The van der Waals surface area contributed by atoms with Crippen molar-refractivity contribution in [3.05, 3.63) is 35.4 Å². The smallest absolute Gasteiger partial charge is 0.133 e. The summed E-state index contributed by atoms with van der Waals surface area (Å²) in [5.41, 5.74) is 2.56. The van der Waals surface area contributed by atoms with Gasteiger partial charge in [-0.05, 0) is 31.7 Å². The van der Waals surface area contributed by atoms with Gasteiger partial charge in [-0.2, -0.15) is 0 Å². The second-order valence-corrected chi connectivity index (χ2v) is 4.33. The summed E-state index contributed by atoms with van der Waals surface area (Å²) in [5.74, 6) is 0.766. The highest BCUT2D eigenvalue weighted by Gasteiger charge is 2.20. The van der Waals surface area contributed by atoms with E-state index in [1.807, 2.05) is 6.92 Å². The zero-order valence-electron chi connectivity index (χ0n) is 10.1. The molecule has 0 aliphatic heterocycles. The number of carbonyl (C=O) groups is 1. The summed E-state index contributed by atoms with van der Waals surface area (Å²) < 4.78 is 0. The van der Waals surface area contributed by atoms with Crippen molar-refractivity contribution in [3.63, 3.8) is 0 Å². The van der Waals surface area contributed by atoms with Crippen molar-refractivity contribution in [1.82, 2.24) is 0 Å². The second kappa shape index (κ2) is 5.11. The number of rotatable bonds is 4. The second-order valence-electron chi connectivity index (χ2n) is 4.33. The van der Waals surface area contributed by atoms with Gasteiger partial charge in [-0.25, -0.2) is 0 Å². The molecule has 0 saturated heterocycles. The number of carbonyl (C=O) groups excluding carboxylic acids is 1. The van der Waals surface area contributed by atoms with E-state index in [0.29, 0.717) is 5.92 Å². The minimum atomic E-state index is 0.122. The molecule has 0 amide bonds. The molecule has 0 fully saturated rings. The lowest BCUT2D eigenvalue weighted by Gasteiger charge is -2.21. The van der Waals surface area contributed by atoms with Crippen LogP contribution in [0.1, 0.15) is 44.2 Å². The van der Waals surface area contributed by atoms with Crippen LogP contribution in [-0.2, 0) is 4.79 Å². The van der Waals surface area contributed by atoms with Gasteiger partial charge in [0, 0.05) is 5.92 Å². The van der Waals surface area contributed by atoms with Gasteiger partial charge in [0.15, 0.2) is 0 Å². The normalized spacial score (nSPS) is 14.7. The molecule has 1 rings (SSSR count). The van der Waals surface area contributed by atoms with E-state index in [9.17, 15) is 4.79 Å². The molecule has 0 N–H and O–H groups in total. The Morgan fingerprint density at radius 3 is 2.53 bits per heavy atom. The molecule has 0 bridgehead atoms. The van der Waals surface area contributed by atoms with Crippen molar-refractivity contribution in [3.8, 4) is 0 Å². The molecule has 1 aromatic carbocycles. The van der Waals surface area contributed by atoms with Crippen molar-refractivity contribution < 1.29 is 4.79 Å². The van der Waals surface area contributed by atoms with Gasteiger partial charge in [-0.15, -0.1) is 0 Å². The molecule has 0 unspecified atom stereocenters. The SMILES string of the molecule is CC[C@@H](c1cccc(C)c1)[C@@H](C)C(C)=O. The molecule has 0 saturated carbocycles. The summed E-state index contributed by atoms with van der Waals surface area (Å²) in [6.45, 7) is 7.95. The molecule has 1 heteroatoms. The number of benzene rings is 1. The maximum Gasteiger partial charge on any atom is 0.133 e. The number of hydrogen-bond donors (Lipinski definition) is 0. The monoisotopic (exact) mass is 204 g/mol. The van der Waals surface area contributed by atoms with E-state index in [4.69, 9.17) is 0 Å². The van der Waals surface area contributed by atoms with Gasteiger partial charge in [0.25, 0.3) is 0 Å². The van der Waals surface area contributed by atoms with Crippen molar-refractivity contribution >= 4 is 5.78 Å². The molecular formula is C14H20O. The standard InChI is InChI=1S/C14H20O/c1-5-14(11(3)12(4)15)13-8-6-7-10(2)9-13/h6-9,11,14H,5H2,1-4H3/t11-,14+/m0/s1. The van der Waals surface area contributed by atoms with Gasteiger partial charge in [0.05, 0.1) is 0 Å². The molecular weight excluding hydrogens is 184 g/mol. The van der Waals surface area contributed by atoms with Crippen LogP contribution in [0.5, 0.6) is 0 Å². The van der Waals surface area contributed by atoms with Crippen LogP contribution in [0.15, 0.2) is 24.3 Å². The van der Waals surface area contributed by atoms with Crippen molar-refractivity contribution in [1.29, 1.82) is 0 Å². The third-order valence-electron chi connectivity index (χ3n) is 3.15. The molecule has 0 aliphatic carbocycles. The number of aryl methyl sites for hydroxylation is 1. The molecule has 0 spiro atoms. The minimum Gasteiger partial charge on any atom is -0.300 e. The van der Waals surface area contributed by atoms with Gasteiger partial charge in [0.1, 0.15) is 5.78 Å². The van der Waals surface area contributed by atoms with Crippen LogP contribution in [0, 0.1) is 12.8 Å². The zero-order chi connectivity index (χ0) is 11.4. The van der Waals surface area contributed by atoms with Crippen LogP contribution in [0.2, 0.25) is 0 Å². The van der Waals surface area contributed by atoms with Crippen LogP contribution in [0.25, 0.3) is 0 Å². The quantitative estimate of drug-likeness (QED) is 0.730. The molecule has 0 heterocycles. The fourth-order valence-corrected chi connectivity index (χ4v) is 2.06. The highest BCUT2D eigenvalue weighted by molar-refractivity contribution is 5.79. The summed E-state index contributed by atoms with van der Waals surface area (Å²) in [6.07, 6.45) is 1.02. The average Bonchev–Trinajstić information content (AvgIpc) is 2.18. The van der Waals surface area contributed by atoms with Crippen LogP contribution < -0.4 is 0 Å². The highest BCUT2D eigenvalue weighted by Crippen LogP contribution is 2.28. The Morgan fingerprint density at radius 2 is 2.07 bits per heavy atom. The van der Waals surface area contributed by atoms with Gasteiger partial charge in [-0.1, -0.05) is 43.7 Å². The number of ketones is 1. The summed E-state index contributed by atoms with van der Waals surface area (Å²) in [4.78, 5) is 11.4. The Hall–Kier alpha value is -1.11. The Balaban J connectivity index is 2.97. The lowest BCUT2D eigenvalue weighted by Crippen LogP contribution is -2.16. The first-order valence-electron chi connectivity index (χ1n) is 5.63. The summed E-state index contributed by atoms with van der Waals surface area (Å²) >= 11 is 0. The first-order valence-corrected chi connectivity index (χ1v) is 5.63. The zero-order valence-corrected chi connectivity index (χ0v) is 10.1. The topological polar surface area (TPSA) is 17.1 Å². The van der Waals surface area contributed by atoms with Crippen LogP contribution in [0.3, 0.4) is 0 Å². The molecule has 82 valence electrons. The number of hydrogen-bond acceptors (Lipinski definition) is 1. The molecule has 15 heavy (non-hydrogen) atoms. The molecule has 0 aromatic heterocycles. The molecule has 0 aliphatic rings. The summed E-state index contributed by atoms with van der Waals surface area (Å²) in [5, 5.41) is 0. The predicted molar refractivity (Wildman–Crippen MR) is 64.1 cm³/mol. The van der Waals surface area contributed by atoms with Gasteiger partial charge >= 0.3 is 0 Å². The van der Waals surface area contributed by atoms with Crippen molar-refractivity contribution in [2.45, 2.75) is 40.0 Å². The van der Waals surface area contributed by atoms with E-state index < -0.39 is 0 Å². The molecule has 2 atom stereocenters. The van der Waals surface area contributed by atoms with Gasteiger partial charge < -0.3 is 0 Å². The minimum absolute atomic E-state index is 0.122. The Morgan fingerprint density at radius 1 is 1.40 bits per heavy atom. The van der Waals surface area contributed by atoms with Crippen molar-refractivity contribution in [2.75, 3.05) is 0 Å². The summed E-state index contributed by atoms with van der Waals surface area (Å²) in [7, 11) is 0. The lowest BCUT2D eigenvalue weighted by atomic mass is 9.83. The van der Waals surface area contributed by atoms with E-state index >= 15 is 0 Å². The van der Waals surface area contributed by atoms with E-state index in [0.717, 1.165) is 6.42 Å². The average molecular weight is 204 g/mol. The lowest BCUT2D eigenvalue weighted by molar-refractivity contribution is -0.120. The first-order chi connectivity index (χ1) is 7.06. The first kappa shape index (κ1) is 12.0. The van der Waals surface area contributed by atoms with Crippen LogP contribution >= 0.6 is 0 Å². The molecule has 1 nitrogen and oxygen atoms in total. The Kier molecular flexibility index (Phi) is 4.07. The fraction of sp³-hybridized carbons (Fsp3) is 0.500. The molecule has 1 aromatic rings. The van der Waals surface area contributed by atoms with Crippen LogP contribution in [0.4, 0.5) is 0 Å². The third-order valence-corrected chi connectivity index (χ3v) is 3.15. The molecule has 0 radical (unpaired) electrons. The van der Waals surface area contributed by atoms with E-state index in [-0.39, 0.29) is 11.7 Å². The van der Waals surface area contributed by atoms with Crippen molar-refractivity contribution in [2.24, 2.45) is 5.92 Å². The summed E-state index contributed by atoms with van der Waals surface area (Å²) in [6, 6.07) is 8.48. The van der Waals surface area contributed by atoms with E-state index in [2.05, 4.69) is 38.1 Å². The van der Waals surface area contributed by atoms with E-state index in [1.54, 1.807) is 6.92 Å². The van der Waals surface area contributed by atoms with Gasteiger partial charge in [-0.3, -0.25) is 4.79 Å². The Labute approximate surface area is 92.5 Å². The van der Waals surface area contributed by atoms with E-state index in [1.165, 1.54) is 11.1 Å². The maximum atomic E-state index is 11.4. The highest BCUT2D eigenvalue weighted by atomic mass is 16.1. The van der Waals surface area contributed by atoms with Crippen LogP contribution in [-0.4, -0.2) is 5.78 Å². The third kappa shape index (κ3) is 2.92. The number of Topliss-reactive ketones (excluding diaryl/α,β-unsaturated/α-hetero) is 1. The predicted octanol–water partition coefficient (Wildman–Crippen LogP) is 3.71. The largest absolute Gasteiger partial charge is 0.300 e. The Bertz CT molecular complexity index is 341.